The summed E-state index contributed by atoms with van der Waals surface area (Å²) in [5.74, 6) is -1.38. The highest BCUT2D eigenvalue weighted by Crippen LogP contribution is 2.22. The summed E-state index contributed by atoms with van der Waals surface area (Å²) in [6, 6.07) is 16.3. The van der Waals surface area contributed by atoms with E-state index in [9.17, 15) is 9.59 Å². The van der Waals surface area contributed by atoms with Crippen LogP contribution in [0.4, 0.5) is 5.69 Å². The molecular weight excluding hydrogens is 358 g/mol. The van der Waals surface area contributed by atoms with Gasteiger partial charge in [-0.25, -0.2) is 5.43 Å². The summed E-state index contributed by atoms with van der Waals surface area (Å²) in [5.41, 5.74) is 5.14. The smallest absolute Gasteiger partial charge is 0.255 e. The van der Waals surface area contributed by atoms with Gasteiger partial charge in [0.25, 0.3) is 5.91 Å². The van der Waals surface area contributed by atoms with Crippen molar-refractivity contribution in [1.82, 2.24) is 5.43 Å². The van der Waals surface area contributed by atoms with Crippen LogP contribution >= 0.6 is 0 Å². The fourth-order valence-electron chi connectivity index (χ4n) is 2.82. The summed E-state index contributed by atoms with van der Waals surface area (Å²) >= 11 is 0. The quantitative estimate of drug-likeness (QED) is 0.595. The molecule has 0 aromatic heterocycles. The second-order valence-electron chi connectivity index (χ2n) is 6.64. The molecule has 3 rings (SSSR count). The van der Waals surface area contributed by atoms with Gasteiger partial charge in [0.15, 0.2) is 5.79 Å². The van der Waals surface area contributed by atoms with E-state index in [1.165, 1.54) is 0 Å². The molecule has 0 saturated carbocycles. The zero-order chi connectivity index (χ0) is 20.0. The third kappa shape index (κ3) is 5.25. The van der Waals surface area contributed by atoms with Crippen molar-refractivity contribution in [3.8, 4) is 0 Å². The van der Waals surface area contributed by atoms with Crippen LogP contribution in [-0.2, 0) is 14.3 Å². The van der Waals surface area contributed by atoms with Gasteiger partial charge in [0, 0.05) is 11.3 Å². The Morgan fingerprint density at radius 2 is 1.71 bits per heavy atom. The van der Waals surface area contributed by atoms with Crippen molar-refractivity contribution in [3.05, 3.63) is 65.7 Å². The number of carbonyl (C=O) groups is 2. The molecule has 1 aliphatic heterocycles. The van der Waals surface area contributed by atoms with Gasteiger partial charge in [0.1, 0.15) is 0 Å². The largest absolute Gasteiger partial charge is 0.347 e. The van der Waals surface area contributed by atoms with Crippen LogP contribution in [-0.4, -0.2) is 36.5 Å². The number of rotatable bonds is 6. The van der Waals surface area contributed by atoms with E-state index in [0.717, 1.165) is 5.56 Å². The molecule has 2 aromatic rings. The molecule has 1 saturated heterocycles. The normalized spacial score (nSPS) is 15.9. The molecule has 0 atom stereocenters. The van der Waals surface area contributed by atoms with Crippen LogP contribution in [0.3, 0.4) is 0 Å². The highest BCUT2D eigenvalue weighted by Gasteiger charge is 2.33. The molecular formula is C21H23N3O4. The number of nitrogens with zero attached hydrogens (tertiary/aromatic N) is 1. The van der Waals surface area contributed by atoms with Crippen LogP contribution in [0.15, 0.2) is 59.7 Å². The number of nitrogens with one attached hydrogen (secondary N) is 2. The van der Waals surface area contributed by atoms with E-state index >= 15 is 0 Å². The van der Waals surface area contributed by atoms with Crippen LogP contribution in [0.1, 0.15) is 36.2 Å². The number of amides is 2. The molecule has 7 heteroatoms. The topological polar surface area (TPSA) is 89.0 Å². The zero-order valence-corrected chi connectivity index (χ0v) is 15.9. The first-order valence-corrected chi connectivity index (χ1v) is 9.03. The fraction of sp³-hybridized carbons (Fsp3) is 0.286. The van der Waals surface area contributed by atoms with E-state index in [-0.39, 0.29) is 18.2 Å². The van der Waals surface area contributed by atoms with Gasteiger partial charge in [0.05, 0.1) is 25.3 Å². The lowest BCUT2D eigenvalue weighted by atomic mass is 10.1. The average Bonchev–Trinajstić information content (AvgIpc) is 3.12. The zero-order valence-electron chi connectivity index (χ0n) is 15.9. The Morgan fingerprint density at radius 1 is 1.04 bits per heavy atom. The van der Waals surface area contributed by atoms with Crippen molar-refractivity contribution < 1.29 is 19.1 Å². The molecule has 2 N–H and O–H groups in total. The van der Waals surface area contributed by atoms with Gasteiger partial charge < -0.3 is 14.8 Å². The molecule has 0 spiro atoms. The SMILES string of the molecule is C/C(=N/NC(=O)CC1(C)OCCO1)c1cccc(NC(=O)c2ccccc2)c1. The highest BCUT2D eigenvalue weighted by atomic mass is 16.7. The summed E-state index contributed by atoms with van der Waals surface area (Å²) in [6.07, 6.45) is 0.0664. The summed E-state index contributed by atoms with van der Waals surface area (Å²) in [5, 5.41) is 7.00. The Kier molecular flexibility index (Phi) is 6.18. The first-order chi connectivity index (χ1) is 13.5. The van der Waals surface area contributed by atoms with Gasteiger partial charge in [-0.1, -0.05) is 30.3 Å². The maximum Gasteiger partial charge on any atom is 0.255 e. The number of anilines is 1. The van der Waals surface area contributed by atoms with Crippen molar-refractivity contribution in [2.45, 2.75) is 26.1 Å². The maximum atomic E-state index is 12.3. The van der Waals surface area contributed by atoms with Gasteiger partial charge >= 0.3 is 0 Å². The van der Waals surface area contributed by atoms with E-state index < -0.39 is 5.79 Å². The molecule has 0 bridgehead atoms. The van der Waals surface area contributed by atoms with E-state index in [1.807, 2.05) is 30.3 Å². The summed E-state index contributed by atoms with van der Waals surface area (Å²) < 4.78 is 10.8. The number of benzene rings is 2. The number of ether oxygens (including phenoxy) is 2. The van der Waals surface area contributed by atoms with E-state index in [1.54, 1.807) is 38.1 Å². The van der Waals surface area contributed by atoms with E-state index in [2.05, 4.69) is 15.8 Å². The van der Waals surface area contributed by atoms with E-state index in [4.69, 9.17) is 9.47 Å². The minimum atomic E-state index is -0.894. The molecule has 28 heavy (non-hydrogen) atoms. The van der Waals surface area contributed by atoms with Gasteiger partial charge in [-0.15, -0.1) is 0 Å². The second-order valence-corrected chi connectivity index (χ2v) is 6.64. The van der Waals surface area contributed by atoms with Crippen LogP contribution in [0.2, 0.25) is 0 Å². The van der Waals surface area contributed by atoms with Crippen LogP contribution in [0, 0.1) is 0 Å². The van der Waals surface area contributed by atoms with Crippen molar-refractivity contribution in [3.63, 3.8) is 0 Å². The third-order valence-electron chi connectivity index (χ3n) is 4.30. The molecule has 1 fully saturated rings. The molecule has 2 amide bonds. The predicted octanol–water partition coefficient (Wildman–Crippen LogP) is 2.93. The number of hydrogen-bond donors (Lipinski definition) is 2. The standard InChI is InChI=1S/C21H23N3O4/c1-15(23-24-19(25)14-21(2)27-11-12-28-21)17-9-6-10-18(13-17)22-20(26)16-7-4-3-5-8-16/h3-10,13H,11-12,14H2,1-2H3,(H,22,26)(H,24,25)/b23-15-. The van der Waals surface area contributed by atoms with Crippen LogP contribution in [0.5, 0.6) is 0 Å². The molecule has 7 nitrogen and oxygen atoms in total. The Morgan fingerprint density at radius 3 is 2.43 bits per heavy atom. The number of hydrogen-bond acceptors (Lipinski definition) is 5. The van der Waals surface area contributed by atoms with Crippen LogP contribution < -0.4 is 10.7 Å². The molecule has 146 valence electrons. The van der Waals surface area contributed by atoms with Crippen molar-refractivity contribution in [2.24, 2.45) is 5.10 Å². The van der Waals surface area contributed by atoms with Crippen molar-refractivity contribution in [2.75, 3.05) is 18.5 Å². The molecule has 1 aliphatic rings. The Bertz CT molecular complexity index is 874. The summed E-state index contributed by atoms with van der Waals surface area (Å²) in [4.78, 5) is 24.4. The first kappa shape index (κ1) is 19.7. The summed E-state index contributed by atoms with van der Waals surface area (Å²) in [6.45, 7) is 4.47. The van der Waals surface area contributed by atoms with Gasteiger partial charge in [-0.05, 0) is 43.7 Å². The average molecular weight is 381 g/mol. The monoisotopic (exact) mass is 381 g/mol. The lowest BCUT2D eigenvalue weighted by molar-refractivity contribution is -0.159. The van der Waals surface area contributed by atoms with Crippen molar-refractivity contribution in [1.29, 1.82) is 0 Å². The Balaban J connectivity index is 1.61. The lowest BCUT2D eigenvalue weighted by Crippen LogP contribution is -2.33. The van der Waals surface area contributed by atoms with Gasteiger partial charge in [0.2, 0.25) is 5.91 Å². The maximum absolute atomic E-state index is 12.3. The Hall–Kier alpha value is -3.03. The first-order valence-electron chi connectivity index (χ1n) is 9.03. The fourth-order valence-corrected chi connectivity index (χ4v) is 2.82. The minimum Gasteiger partial charge on any atom is -0.347 e. The van der Waals surface area contributed by atoms with Gasteiger partial charge in [-0.3, -0.25) is 9.59 Å². The lowest BCUT2D eigenvalue weighted by Gasteiger charge is -2.20. The highest BCUT2D eigenvalue weighted by molar-refractivity contribution is 6.05. The van der Waals surface area contributed by atoms with Crippen molar-refractivity contribution >= 4 is 23.2 Å². The third-order valence-corrected chi connectivity index (χ3v) is 4.30. The molecule has 0 unspecified atom stereocenters. The summed E-state index contributed by atoms with van der Waals surface area (Å²) in [7, 11) is 0. The molecule has 0 aliphatic carbocycles. The molecule has 2 aromatic carbocycles. The number of hydrazone groups is 1. The second kappa shape index (κ2) is 8.77. The minimum absolute atomic E-state index is 0.0664. The number of carbonyl (C=O) groups excluding carboxylic acids is 2. The molecule has 0 radical (unpaired) electrons. The van der Waals surface area contributed by atoms with Gasteiger partial charge in [-0.2, -0.15) is 5.10 Å². The van der Waals surface area contributed by atoms with Crippen LogP contribution in [0.25, 0.3) is 0 Å². The predicted molar refractivity (Wildman–Crippen MR) is 106 cm³/mol. The van der Waals surface area contributed by atoms with E-state index in [0.29, 0.717) is 30.2 Å². The molecule has 1 heterocycles. The Labute approximate surface area is 163 Å².